The van der Waals surface area contributed by atoms with Gasteiger partial charge >= 0.3 is 0 Å². The lowest BCUT2D eigenvalue weighted by atomic mass is 10.1. The van der Waals surface area contributed by atoms with Gasteiger partial charge in [-0.15, -0.1) is 0 Å². The van der Waals surface area contributed by atoms with E-state index in [1.54, 1.807) is 6.20 Å². The second-order valence-corrected chi connectivity index (χ2v) is 5.78. The summed E-state index contributed by atoms with van der Waals surface area (Å²) in [5, 5.41) is 7.83. The van der Waals surface area contributed by atoms with Gasteiger partial charge in [-0.1, -0.05) is 13.0 Å². The lowest BCUT2D eigenvalue weighted by Crippen LogP contribution is -2.15. The average molecular weight is 285 g/mol. The third-order valence-corrected chi connectivity index (χ3v) is 3.77. The van der Waals surface area contributed by atoms with E-state index in [4.69, 9.17) is 4.74 Å². The smallest absolute Gasteiger partial charge is 0.165 e. The molecule has 21 heavy (non-hydrogen) atoms. The minimum absolute atomic E-state index is 0.740. The SMILES string of the molecule is CCCn1cc(Oc2ccc(CNC3CC3)c(C)c2)cn1. The van der Waals surface area contributed by atoms with Crippen molar-refractivity contribution in [3.05, 3.63) is 41.7 Å². The lowest BCUT2D eigenvalue weighted by Gasteiger charge is -2.09. The first-order valence-electron chi connectivity index (χ1n) is 7.78. The van der Waals surface area contributed by atoms with E-state index < -0.39 is 0 Å². The summed E-state index contributed by atoms with van der Waals surface area (Å²) in [6.07, 6.45) is 7.43. The van der Waals surface area contributed by atoms with Crippen molar-refractivity contribution in [1.29, 1.82) is 0 Å². The molecule has 1 N–H and O–H groups in total. The van der Waals surface area contributed by atoms with Crippen LogP contribution in [-0.2, 0) is 13.1 Å². The van der Waals surface area contributed by atoms with Gasteiger partial charge in [-0.2, -0.15) is 5.10 Å². The second-order valence-electron chi connectivity index (χ2n) is 5.78. The topological polar surface area (TPSA) is 39.1 Å². The van der Waals surface area contributed by atoms with Crippen molar-refractivity contribution in [2.45, 2.75) is 52.2 Å². The number of rotatable bonds is 7. The quantitative estimate of drug-likeness (QED) is 0.844. The molecule has 4 nitrogen and oxygen atoms in total. The van der Waals surface area contributed by atoms with Crippen LogP contribution in [0.4, 0.5) is 0 Å². The summed E-state index contributed by atoms with van der Waals surface area (Å²) >= 11 is 0. The minimum atomic E-state index is 0.740. The molecule has 0 amide bonds. The van der Waals surface area contributed by atoms with E-state index in [0.29, 0.717) is 0 Å². The molecule has 3 rings (SSSR count). The maximum absolute atomic E-state index is 5.88. The molecule has 4 heteroatoms. The van der Waals surface area contributed by atoms with Crippen LogP contribution in [0.1, 0.15) is 37.3 Å². The highest BCUT2D eigenvalue weighted by Crippen LogP contribution is 2.24. The van der Waals surface area contributed by atoms with Gasteiger partial charge in [-0.25, -0.2) is 0 Å². The molecular formula is C17H23N3O. The first-order chi connectivity index (χ1) is 10.2. The van der Waals surface area contributed by atoms with E-state index in [-0.39, 0.29) is 0 Å². The fourth-order valence-electron chi connectivity index (χ4n) is 2.36. The molecule has 1 heterocycles. The third kappa shape index (κ3) is 3.85. The fourth-order valence-corrected chi connectivity index (χ4v) is 2.36. The fraction of sp³-hybridized carbons (Fsp3) is 0.471. The third-order valence-electron chi connectivity index (χ3n) is 3.77. The van der Waals surface area contributed by atoms with Gasteiger partial charge in [0.2, 0.25) is 0 Å². The molecule has 0 saturated heterocycles. The number of aryl methyl sites for hydroxylation is 2. The number of aromatic nitrogens is 2. The van der Waals surface area contributed by atoms with Crippen LogP contribution in [0.3, 0.4) is 0 Å². The normalized spacial score (nSPS) is 14.4. The van der Waals surface area contributed by atoms with Crippen molar-refractivity contribution >= 4 is 0 Å². The van der Waals surface area contributed by atoms with Crippen LogP contribution in [0.5, 0.6) is 11.5 Å². The highest BCUT2D eigenvalue weighted by Gasteiger charge is 2.20. The zero-order valence-electron chi connectivity index (χ0n) is 12.8. The molecule has 0 atom stereocenters. The van der Waals surface area contributed by atoms with Crippen LogP contribution in [0.2, 0.25) is 0 Å². The predicted molar refractivity (Wildman–Crippen MR) is 83.6 cm³/mol. The van der Waals surface area contributed by atoms with Crippen LogP contribution in [0.15, 0.2) is 30.6 Å². The average Bonchev–Trinajstić information content (AvgIpc) is 3.19. The maximum Gasteiger partial charge on any atom is 0.165 e. The summed E-state index contributed by atoms with van der Waals surface area (Å²) in [7, 11) is 0. The molecular weight excluding hydrogens is 262 g/mol. The van der Waals surface area contributed by atoms with E-state index in [1.165, 1.54) is 24.0 Å². The number of hydrogen-bond acceptors (Lipinski definition) is 3. The highest BCUT2D eigenvalue weighted by atomic mass is 16.5. The van der Waals surface area contributed by atoms with Crippen molar-refractivity contribution in [2.24, 2.45) is 0 Å². The summed E-state index contributed by atoms with van der Waals surface area (Å²) in [4.78, 5) is 0. The van der Waals surface area contributed by atoms with E-state index in [1.807, 2.05) is 16.9 Å². The largest absolute Gasteiger partial charge is 0.454 e. The van der Waals surface area contributed by atoms with Crippen LogP contribution in [0.25, 0.3) is 0 Å². The highest BCUT2D eigenvalue weighted by molar-refractivity contribution is 5.37. The van der Waals surface area contributed by atoms with Crippen LogP contribution < -0.4 is 10.1 Å². The van der Waals surface area contributed by atoms with E-state index in [9.17, 15) is 0 Å². The Bertz CT molecular complexity index is 602. The molecule has 0 aliphatic heterocycles. The zero-order chi connectivity index (χ0) is 14.7. The van der Waals surface area contributed by atoms with Gasteiger partial charge < -0.3 is 10.1 Å². The Hall–Kier alpha value is -1.81. The van der Waals surface area contributed by atoms with Crippen molar-refractivity contribution in [3.8, 4) is 11.5 Å². The zero-order valence-corrected chi connectivity index (χ0v) is 12.8. The summed E-state index contributed by atoms with van der Waals surface area (Å²) in [6, 6.07) is 7.02. The van der Waals surface area contributed by atoms with Crippen molar-refractivity contribution < 1.29 is 4.74 Å². The van der Waals surface area contributed by atoms with Crippen LogP contribution in [-0.4, -0.2) is 15.8 Å². The molecule has 1 aromatic carbocycles. The van der Waals surface area contributed by atoms with Gasteiger partial charge in [0, 0.05) is 19.1 Å². The molecule has 1 aromatic heterocycles. The van der Waals surface area contributed by atoms with Crippen LogP contribution >= 0.6 is 0 Å². The molecule has 1 fully saturated rings. The van der Waals surface area contributed by atoms with Crippen molar-refractivity contribution in [3.63, 3.8) is 0 Å². The van der Waals surface area contributed by atoms with Crippen molar-refractivity contribution in [2.75, 3.05) is 0 Å². The summed E-state index contributed by atoms with van der Waals surface area (Å²) in [6.45, 7) is 6.15. The monoisotopic (exact) mass is 285 g/mol. The van der Waals surface area contributed by atoms with Gasteiger partial charge in [0.25, 0.3) is 0 Å². The molecule has 112 valence electrons. The predicted octanol–water partition coefficient (Wildman–Crippen LogP) is 3.65. The Labute approximate surface area is 126 Å². The second kappa shape index (κ2) is 6.31. The number of hydrogen-bond donors (Lipinski definition) is 1. The number of nitrogens with one attached hydrogen (secondary N) is 1. The Kier molecular flexibility index (Phi) is 4.25. The first-order valence-corrected chi connectivity index (χ1v) is 7.78. The van der Waals surface area contributed by atoms with E-state index >= 15 is 0 Å². The van der Waals surface area contributed by atoms with Gasteiger partial charge in [0.05, 0.1) is 12.4 Å². The molecule has 1 aliphatic carbocycles. The first kappa shape index (κ1) is 14.1. The maximum atomic E-state index is 5.88. The lowest BCUT2D eigenvalue weighted by molar-refractivity contribution is 0.479. The molecule has 0 bridgehead atoms. The van der Waals surface area contributed by atoms with Crippen LogP contribution in [0, 0.1) is 6.92 Å². The molecule has 0 spiro atoms. The molecule has 1 aliphatic rings. The summed E-state index contributed by atoms with van der Waals surface area (Å²) in [5.74, 6) is 1.67. The van der Waals surface area contributed by atoms with Gasteiger partial charge in [-0.05, 0) is 49.4 Å². The van der Waals surface area contributed by atoms with E-state index in [0.717, 1.165) is 37.1 Å². The van der Waals surface area contributed by atoms with Gasteiger partial charge in [0.15, 0.2) is 5.75 Å². The molecule has 0 unspecified atom stereocenters. The molecule has 0 radical (unpaired) electrons. The minimum Gasteiger partial charge on any atom is -0.454 e. The molecule has 2 aromatic rings. The number of nitrogens with zero attached hydrogens (tertiary/aromatic N) is 2. The molecule has 1 saturated carbocycles. The van der Waals surface area contributed by atoms with E-state index in [2.05, 4.69) is 36.4 Å². The summed E-state index contributed by atoms with van der Waals surface area (Å²) < 4.78 is 7.79. The number of benzene rings is 1. The Morgan fingerprint density at radius 1 is 1.33 bits per heavy atom. The van der Waals surface area contributed by atoms with Crippen molar-refractivity contribution in [1.82, 2.24) is 15.1 Å². The Morgan fingerprint density at radius 2 is 2.19 bits per heavy atom. The number of ether oxygens (including phenoxy) is 1. The summed E-state index contributed by atoms with van der Waals surface area (Å²) in [5.41, 5.74) is 2.61. The Morgan fingerprint density at radius 3 is 2.90 bits per heavy atom. The standard InChI is InChI=1S/C17H23N3O/c1-3-8-20-12-17(11-19-20)21-16-7-4-14(13(2)9-16)10-18-15-5-6-15/h4,7,9,11-12,15,18H,3,5-6,8,10H2,1-2H3. The Balaban J connectivity index is 1.62. The van der Waals surface area contributed by atoms with Gasteiger partial charge in [-0.3, -0.25) is 4.68 Å². The van der Waals surface area contributed by atoms with Gasteiger partial charge in [0.1, 0.15) is 5.75 Å².